The van der Waals surface area contributed by atoms with Crippen molar-refractivity contribution in [3.8, 4) is 0 Å². The molecule has 5 atom stereocenters. The summed E-state index contributed by atoms with van der Waals surface area (Å²) in [6.45, 7) is 1.95. The minimum Gasteiger partial charge on any atom is -0.465 e. The fraction of sp³-hybridized carbons (Fsp3) is 0.579. The summed E-state index contributed by atoms with van der Waals surface area (Å²) >= 11 is 0. The molecule has 4 aliphatic rings. The molecule has 0 amide bonds. The lowest BCUT2D eigenvalue weighted by molar-refractivity contribution is -0.205. The number of ether oxygens (including phenoxy) is 2. The van der Waals surface area contributed by atoms with Gasteiger partial charge >= 0.3 is 11.9 Å². The van der Waals surface area contributed by atoms with E-state index >= 15 is 0 Å². The quantitative estimate of drug-likeness (QED) is 0.788. The Labute approximate surface area is 144 Å². The van der Waals surface area contributed by atoms with Crippen molar-refractivity contribution in [3.05, 3.63) is 35.3 Å². The number of cyclic esters (lactones) is 1. The standard InChI is InChI=1S/C19H20O6/c1-10-8-19(22)15-11(16(20)25-19)4-2-5-12(15)18(10)9-14(24-17(18)21)13-6-3-7-23-13/h3,6-7,10,12,14,22H,2,4-5,8-9H2,1H3/t10-,12+,14+,18-,19?/m1/s1. The molecule has 1 unspecified atom stereocenters. The summed E-state index contributed by atoms with van der Waals surface area (Å²) < 4.78 is 16.5. The van der Waals surface area contributed by atoms with Gasteiger partial charge < -0.3 is 19.0 Å². The van der Waals surface area contributed by atoms with E-state index in [2.05, 4.69) is 0 Å². The molecule has 1 saturated carbocycles. The van der Waals surface area contributed by atoms with Crippen LogP contribution >= 0.6 is 0 Å². The van der Waals surface area contributed by atoms with Gasteiger partial charge in [-0.05, 0) is 37.3 Å². The maximum Gasteiger partial charge on any atom is 0.336 e. The van der Waals surface area contributed by atoms with E-state index < -0.39 is 23.3 Å². The van der Waals surface area contributed by atoms with Crippen LogP contribution in [0.3, 0.4) is 0 Å². The first-order valence-electron chi connectivity index (χ1n) is 8.89. The van der Waals surface area contributed by atoms with Crippen LogP contribution in [0.5, 0.6) is 0 Å². The highest BCUT2D eigenvalue weighted by Crippen LogP contribution is 2.64. The van der Waals surface area contributed by atoms with Crippen molar-refractivity contribution in [2.24, 2.45) is 17.3 Å². The normalized spacial score (nSPS) is 42.6. The van der Waals surface area contributed by atoms with E-state index in [0.29, 0.717) is 29.7 Å². The highest BCUT2D eigenvalue weighted by molar-refractivity contribution is 5.94. The highest BCUT2D eigenvalue weighted by Gasteiger charge is 2.68. The summed E-state index contributed by atoms with van der Waals surface area (Å²) in [4.78, 5) is 25.3. The summed E-state index contributed by atoms with van der Waals surface area (Å²) in [6.07, 6.45) is 4.06. The molecule has 132 valence electrons. The van der Waals surface area contributed by atoms with Crippen LogP contribution in [0.4, 0.5) is 0 Å². The first-order chi connectivity index (χ1) is 12.0. The van der Waals surface area contributed by atoms with Crippen LogP contribution in [0.2, 0.25) is 0 Å². The van der Waals surface area contributed by atoms with E-state index in [4.69, 9.17) is 13.9 Å². The second-order valence-electron chi connectivity index (χ2n) is 7.77. The maximum atomic E-state index is 13.0. The Morgan fingerprint density at radius 1 is 1.28 bits per heavy atom. The lowest BCUT2D eigenvalue weighted by Gasteiger charge is -2.49. The van der Waals surface area contributed by atoms with Gasteiger partial charge in [-0.3, -0.25) is 4.79 Å². The van der Waals surface area contributed by atoms with E-state index in [1.54, 1.807) is 12.3 Å². The minimum atomic E-state index is -1.55. The van der Waals surface area contributed by atoms with Gasteiger partial charge in [0.25, 0.3) is 0 Å². The summed E-state index contributed by atoms with van der Waals surface area (Å²) in [5.41, 5.74) is 0.469. The molecule has 6 heteroatoms. The molecule has 1 N–H and O–H groups in total. The molecule has 3 heterocycles. The zero-order valence-corrected chi connectivity index (χ0v) is 14.0. The van der Waals surface area contributed by atoms with Crippen molar-refractivity contribution < 1.29 is 28.6 Å². The topological polar surface area (TPSA) is 86.0 Å². The van der Waals surface area contributed by atoms with Gasteiger partial charge in [0.05, 0.1) is 11.7 Å². The van der Waals surface area contributed by atoms with Crippen molar-refractivity contribution in [3.63, 3.8) is 0 Å². The van der Waals surface area contributed by atoms with Crippen molar-refractivity contribution >= 4 is 11.9 Å². The number of hydrogen-bond donors (Lipinski definition) is 1. The van der Waals surface area contributed by atoms with E-state index in [1.807, 2.05) is 13.0 Å². The molecule has 1 spiro atoms. The number of esters is 2. The van der Waals surface area contributed by atoms with E-state index in [9.17, 15) is 14.7 Å². The molecule has 0 aromatic carbocycles. The molecule has 1 saturated heterocycles. The highest BCUT2D eigenvalue weighted by atomic mass is 16.7. The number of carbonyl (C=O) groups is 2. The molecule has 1 aromatic heterocycles. The number of furan rings is 1. The van der Waals surface area contributed by atoms with Crippen LogP contribution in [0.1, 0.15) is 50.9 Å². The molecule has 2 aliphatic carbocycles. The molecule has 5 rings (SSSR count). The first kappa shape index (κ1) is 15.2. The fourth-order valence-electron chi connectivity index (χ4n) is 5.56. The van der Waals surface area contributed by atoms with E-state index in [0.717, 1.165) is 12.8 Å². The van der Waals surface area contributed by atoms with Gasteiger partial charge in [-0.25, -0.2) is 4.79 Å². The van der Waals surface area contributed by atoms with Crippen LogP contribution < -0.4 is 0 Å². The van der Waals surface area contributed by atoms with Gasteiger partial charge in [-0.15, -0.1) is 0 Å². The third-order valence-corrected chi connectivity index (χ3v) is 6.62. The van der Waals surface area contributed by atoms with Gasteiger partial charge in [0.2, 0.25) is 5.79 Å². The predicted octanol–water partition coefficient (Wildman–Crippen LogP) is 2.64. The monoisotopic (exact) mass is 344 g/mol. The first-order valence-corrected chi connectivity index (χ1v) is 8.89. The van der Waals surface area contributed by atoms with E-state index in [1.165, 1.54) is 0 Å². The number of hydrogen-bond acceptors (Lipinski definition) is 6. The molecule has 6 nitrogen and oxygen atoms in total. The molecule has 2 aliphatic heterocycles. The Hall–Kier alpha value is -2.08. The van der Waals surface area contributed by atoms with Gasteiger partial charge in [-0.2, -0.15) is 0 Å². The average molecular weight is 344 g/mol. The lowest BCUT2D eigenvalue weighted by Crippen LogP contribution is -2.54. The summed E-state index contributed by atoms with van der Waals surface area (Å²) in [7, 11) is 0. The SMILES string of the molecule is C[C@@H]1CC2(O)OC(=O)C3=C2[C@H](CCC3)[C@@]12C[C@@H](c1ccco1)OC2=O. The lowest BCUT2D eigenvalue weighted by atomic mass is 9.53. The zero-order valence-electron chi connectivity index (χ0n) is 14.0. The molecule has 2 fully saturated rings. The molecule has 25 heavy (non-hydrogen) atoms. The fourth-order valence-corrected chi connectivity index (χ4v) is 5.56. The second-order valence-corrected chi connectivity index (χ2v) is 7.77. The van der Waals surface area contributed by atoms with Crippen molar-refractivity contribution in [1.82, 2.24) is 0 Å². The average Bonchev–Trinajstić information content (AvgIpc) is 3.25. The summed E-state index contributed by atoms with van der Waals surface area (Å²) in [6, 6.07) is 3.59. The van der Waals surface area contributed by atoms with Gasteiger partial charge in [0, 0.05) is 29.9 Å². The summed E-state index contributed by atoms with van der Waals surface area (Å²) in [5, 5.41) is 11.0. The zero-order chi connectivity index (χ0) is 17.4. The maximum absolute atomic E-state index is 13.0. The van der Waals surface area contributed by atoms with Crippen LogP contribution in [0, 0.1) is 17.3 Å². The molecular formula is C19H20O6. The van der Waals surface area contributed by atoms with Gasteiger partial charge in [-0.1, -0.05) is 6.92 Å². The predicted molar refractivity (Wildman–Crippen MR) is 83.8 cm³/mol. The minimum absolute atomic E-state index is 0.163. The Bertz CT molecular complexity index is 793. The largest absolute Gasteiger partial charge is 0.465 e. The van der Waals surface area contributed by atoms with Gasteiger partial charge in [0.1, 0.15) is 5.76 Å². The molecule has 1 aromatic rings. The van der Waals surface area contributed by atoms with Crippen LogP contribution in [0.25, 0.3) is 0 Å². The summed E-state index contributed by atoms with van der Waals surface area (Å²) in [5.74, 6) is -1.97. The Morgan fingerprint density at radius 3 is 2.88 bits per heavy atom. The Kier molecular flexibility index (Phi) is 2.89. The van der Waals surface area contributed by atoms with Crippen molar-refractivity contribution in [1.29, 1.82) is 0 Å². The van der Waals surface area contributed by atoms with Crippen molar-refractivity contribution in [2.75, 3.05) is 0 Å². The Morgan fingerprint density at radius 2 is 2.12 bits per heavy atom. The third kappa shape index (κ3) is 1.78. The third-order valence-electron chi connectivity index (χ3n) is 6.62. The van der Waals surface area contributed by atoms with E-state index in [-0.39, 0.29) is 24.2 Å². The smallest absolute Gasteiger partial charge is 0.336 e. The number of rotatable bonds is 1. The number of fused-ring (bicyclic) bond motifs is 1. The number of aliphatic hydroxyl groups is 1. The molecular weight excluding hydrogens is 324 g/mol. The van der Waals surface area contributed by atoms with Gasteiger partial charge in [0.15, 0.2) is 6.10 Å². The van der Waals surface area contributed by atoms with Crippen molar-refractivity contribution in [2.45, 2.75) is 50.9 Å². The molecule has 0 radical (unpaired) electrons. The van der Waals surface area contributed by atoms with Crippen LogP contribution in [0.15, 0.2) is 34.0 Å². The van der Waals surface area contributed by atoms with Crippen LogP contribution in [-0.4, -0.2) is 22.8 Å². The Balaban J connectivity index is 1.62. The van der Waals surface area contributed by atoms with Crippen LogP contribution in [-0.2, 0) is 19.1 Å². The number of carbonyl (C=O) groups excluding carboxylic acids is 2. The second kappa shape index (κ2) is 4.75. The molecule has 0 bridgehead atoms.